The van der Waals surface area contributed by atoms with Crippen LogP contribution in [0.1, 0.15) is 35.8 Å². The predicted molar refractivity (Wildman–Crippen MR) is 163 cm³/mol. The minimum atomic E-state index is -2.67. The van der Waals surface area contributed by atoms with Gasteiger partial charge in [0, 0.05) is 36.4 Å². The van der Waals surface area contributed by atoms with Crippen LogP contribution in [0.5, 0.6) is 5.88 Å². The van der Waals surface area contributed by atoms with E-state index in [-0.39, 0.29) is 5.92 Å². The third kappa shape index (κ3) is 5.68. The fourth-order valence-corrected chi connectivity index (χ4v) is 7.58. The molecule has 0 saturated carbocycles. The molecule has 1 amide bonds. The maximum atomic E-state index is 13.6. The molecule has 13 heteroatoms. The molecule has 218 valence electrons. The number of hydrogen-bond donors (Lipinski definition) is 3. The molecule has 0 aliphatic carbocycles. The summed E-state index contributed by atoms with van der Waals surface area (Å²) >= 11 is 6.65. The van der Waals surface area contributed by atoms with E-state index in [4.69, 9.17) is 21.1 Å². The minimum absolute atomic E-state index is 0.244. The standard InChI is InChI=1S/C28H34ClN7O4S/c1-17-5-4-6-40-27-20(15-30-35(27)3)22-12-19(11-18(2)31-22)26(37)33-28-32-24-13-21(29)23(14-25(24)36(28)16-17)34-41(38)9-7-39-8-10-41/h11-15,17,41H,4-10,16H2,1-3H3,(H,34,38)(H,32,33,37)/t17-/m1/s1. The number of amides is 1. The molecular formula is C28H34ClN7O4S. The van der Waals surface area contributed by atoms with Crippen molar-refractivity contribution in [2.24, 2.45) is 18.0 Å². The zero-order valence-electron chi connectivity index (χ0n) is 23.3. The van der Waals surface area contributed by atoms with Crippen molar-refractivity contribution >= 4 is 50.6 Å². The number of aryl methyl sites for hydroxylation is 2. The minimum Gasteiger partial charge on any atom is -0.477 e. The molecular weight excluding hydrogens is 566 g/mol. The Kier molecular flexibility index (Phi) is 7.47. The van der Waals surface area contributed by atoms with Gasteiger partial charge in [0.1, 0.15) is 0 Å². The number of aliphatic imine (C=N–C) groups is 1. The molecule has 3 aromatic rings. The average molecular weight is 600 g/mol. The molecule has 0 radical (unpaired) electrons. The van der Waals surface area contributed by atoms with Crippen molar-refractivity contribution in [1.82, 2.24) is 14.8 Å². The SMILES string of the molecule is Cc1cc2cc(n1)-c1cnn(C)c1OCCC[C@@H](C)CN1/C(=N/C2=O)Nc2cc(Cl)c(N[SH]3(=O)CCOCC3)cc21. The summed E-state index contributed by atoms with van der Waals surface area (Å²) < 4.78 is 29.9. The zero-order chi connectivity index (χ0) is 28.7. The van der Waals surface area contributed by atoms with Crippen LogP contribution in [0.25, 0.3) is 11.3 Å². The van der Waals surface area contributed by atoms with E-state index in [1.54, 1.807) is 29.1 Å². The number of pyridine rings is 1. The number of ether oxygens (including phenoxy) is 2. The van der Waals surface area contributed by atoms with E-state index in [1.807, 2.05) is 24.9 Å². The van der Waals surface area contributed by atoms with Crippen molar-refractivity contribution in [3.05, 3.63) is 46.7 Å². The molecule has 41 heavy (non-hydrogen) atoms. The number of aromatic nitrogens is 3. The van der Waals surface area contributed by atoms with Gasteiger partial charge in [0.2, 0.25) is 11.8 Å². The molecule has 1 atom stereocenters. The van der Waals surface area contributed by atoms with Gasteiger partial charge in [-0.05, 0) is 60.1 Å². The molecule has 2 N–H and O–H groups in total. The second-order valence-corrected chi connectivity index (χ2v) is 14.2. The molecule has 11 nitrogen and oxygen atoms in total. The number of nitrogens with one attached hydrogen (secondary N) is 2. The Hall–Kier alpha value is -3.48. The Labute approximate surface area is 244 Å². The lowest BCUT2D eigenvalue weighted by atomic mass is 10.1. The Balaban J connectivity index is 1.39. The molecule has 0 unspecified atom stereocenters. The van der Waals surface area contributed by atoms with Crippen molar-refractivity contribution in [3.8, 4) is 17.1 Å². The molecule has 0 spiro atoms. The van der Waals surface area contributed by atoms with Gasteiger partial charge in [-0.25, -0.2) is 4.68 Å². The number of rotatable bonds is 2. The second-order valence-electron chi connectivity index (χ2n) is 10.9. The number of guanidine groups is 1. The topological polar surface area (TPSA) is 123 Å². The predicted octanol–water partition coefficient (Wildman–Crippen LogP) is 4.05. The Morgan fingerprint density at radius 2 is 1.98 bits per heavy atom. The first-order valence-corrected chi connectivity index (χ1v) is 16.2. The largest absolute Gasteiger partial charge is 0.477 e. The van der Waals surface area contributed by atoms with Gasteiger partial charge in [-0.1, -0.05) is 18.5 Å². The maximum Gasteiger partial charge on any atom is 0.280 e. The van der Waals surface area contributed by atoms with Crippen LogP contribution in [-0.4, -0.2) is 68.7 Å². The summed E-state index contributed by atoms with van der Waals surface area (Å²) in [5, 5.41) is 8.11. The van der Waals surface area contributed by atoms with Crippen LogP contribution in [0.15, 0.2) is 35.5 Å². The van der Waals surface area contributed by atoms with Crippen LogP contribution in [-0.2, 0) is 21.9 Å². The van der Waals surface area contributed by atoms with E-state index in [2.05, 4.69) is 32.0 Å². The van der Waals surface area contributed by atoms with Gasteiger partial charge in [-0.15, -0.1) is 0 Å². The van der Waals surface area contributed by atoms with Crippen molar-refractivity contribution in [1.29, 1.82) is 0 Å². The van der Waals surface area contributed by atoms with Gasteiger partial charge < -0.3 is 24.4 Å². The number of halogens is 1. The van der Waals surface area contributed by atoms with Gasteiger partial charge in [0.25, 0.3) is 5.91 Å². The van der Waals surface area contributed by atoms with Crippen molar-refractivity contribution in [2.75, 3.05) is 52.8 Å². The molecule has 1 saturated heterocycles. The first-order chi connectivity index (χ1) is 19.7. The summed E-state index contributed by atoms with van der Waals surface area (Å²) in [5.41, 5.74) is 4.58. The number of anilines is 3. The van der Waals surface area contributed by atoms with E-state index in [1.165, 1.54) is 0 Å². The lowest BCUT2D eigenvalue weighted by Gasteiger charge is -2.31. The highest BCUT2D eigenvalue weighted by atomic mass is 35.5. The number of hydrogen-bond acceptors (Lipinski definition) is 8. The van der Waals surface area contributed by atoms with Crippen molar-refractivity contribution in [3.63, 3.8) is 0 Å². The fourth-order valence-electron chi connectivity index (χ4n) is 5.38. The summed E-state index contributed by atoms with van der Waals surface area (Å²) in [5.74, 6) is 1.79. The lowest BCUT2D eigenvalue weighted by Crippen LogP contribution is -2.38. The van der Waals surface area contributed by atoms with Gasteiger partial charge in [0.15, 0.2) is 0 Å². The van der Waals surface area contributed by atoms with Crippen molar-refractivity contribution < 1.29 is 18.5 Å². The van der Waals surface area contributed by atoms with Crippen LogP contribution >= 0.6 is 11.6 Å². The highest BCUT2D eigenvalue weighted by Gasteiger charge is 2.30. The van der Waals surface area contributed by atoms with Crippen LogP contribution in [0.2, 0.25) is 5.02 Å². The number of thiol groups is 1. The highest BCUT2D eigenvalue weighted by Crippen LogP contribution is 2.41. The smallest absolute Gasteiger partial charge is 0.280 e. The first-order valence-electron chi connectivity index (χ1n) is 13.8. The monoisotopic (exact) mass is 599 g/mol. The molecule has 2 aromatic heterocycles. The first kappa shape index (κ1) is 27.7. The van der Waals surface area contributed by atoms with Gasteiger partial charge in [-0.2, -0.15) is 10.1 Å². The van der Waals surface area contributed by atoms with E-state index in [9.17, 15) is 9.00 Å². The summed E-state index contributed by atoms with van der Waals surface area (Å²) in [6, 6.07) is 7.14. The number of fused-ring (bicyclic) bond motifs is 7. The van der Waals surface area contributed by atoms with Crippen molar-refractivity contribution in [2.45, 2.75) is 26.7 Å². The van der Waals surface area contributed by atoms with Crippen LogP contribution in [0, 0.1) is 12.8 Å². The zero-order valence-corrected chi connectivity index (χ0v) is 25.0. The summed E-state index contributed by atoms with van der Waals surface area (Å²) in [7, 11) is -0.838. The summed E-state index contributed by atoms with van der Waals surface area (Å²) in [6.07, 6.45) is 3.43. The van der Waals surface area contributed by atoms with E-state index in [0.29, 0.717) is 77.4 Å². The quantitative estimate of drug-likeness (QED) is 0.377. The van der Waals surface area contributed by atoms with Crippen LogP contribution in [0.4, 0.5) is 17.1 Å². The summed E-state index contributed by atoms with van der Waals surface area (Å²) in [4.78, 5) is 24.8. The van der Waals surface area contributed by atoms with Gasteiger partial charge in [-0.3, -0.25) is 14.0 Å². The molecule has 3 aliphatic rings. The van der Waals surface area contributed by atoms with Crippen LogP contribution < -0.4 is 19.7 Å². The third-order valence-corrected chi connectivity index (χ3v) is 10.3. The summed E-state index contributed by atoms with van der Waals surface area (Å²) in [6.45, 7) is 6.05. The fraction of sp³-hybridized carbons (Fsp3) is 0.429. The Bertz CT molecular complexity index is 1580. The highest BCUT2D eigenvalue weighted by molar-refractivity contribution is 8.04. The number of nitrogens with zero attached hydrogens (tertiary/aromatic N) is 5. The molecule has 3 aliphatic heterocycles. The molecule has 1 fully saturated rings. The molecule has 2 bridgehead atoms. The van der Waals surface area contributed by atoms with Gasteiger partial charge >= 0.3 is 0 Å². The van der Waals surface area contributed by atoms with Crippen LogP contribution in [0.3, 0.4) is 0 Å². The molecule has 5 heterocycles. The van der Waals surface area contributed by atoms with Gasteiger partial charge in [0.05, 0.1) is 59.4 Å². The van der Waals surface area contributed by atoms with E-state index in [0.717, 1.165) is 29.8 Å². The van der Waals surface area contributed by atoms with E-state index < -0.39 is 16.0 Å². The lowest BCUT2D eigenvalue weighted by molar-refractivity contribution is 0.100. The third-order valence-electron chi connectivity index (χ3n) is 7.54. The Morgan fingerprint density at radius 3 is 2.78 bits per heavy atom. The van der Waals surface area contributed by atoms with E-state index >= 15 is 0 Å². The number of carbonyl (C=O) groups excluding carboxylic acids is 1. The second kappa shape index (κ2) is 11.1. The average Bonchev–Trinajstić information content (AvgIpc) is 3.45. The Morgan fingerprint density at radius 1 is 1.17 bits per heavy atom. The maximum absolute atomic E-state index is 13.6. The number of benzene rings is 1. The molecule has 1 aromatic carbocycles. The normalized spacial score (nSPS) is 22.4. The number of carbonyl (C=O) groups is 1. The molecule has 6 rings (SSSR count).